The molecule has 0 bridgehead atoms. The molecule has 0 aliphatic heterocycles. The Kier molecular flexibility index (Phi) is 16.2. The summed E-state index contributed by atoms with van der Waals surface area (Å²) in [5.41, 5.74) is 1.00. The molecule has 0 aromatic heterocycles. The third-order valence-corrected chi connectivity index (χ3v) is 6.33. The molecule has 1 aromatic rings. The molecule has 2 fully saturated rings. The molecule has 0 heterocycles. The van der Waals surface area contributed by atoms with Crippen LogP contribution in [-0.2, 0) is 51.3 Å². The smallest absolute Gasteiger partial charge is 0.162 e. The first-order chi connectivity index (χ1) is 12.1. The molecule has 3 rings (SSSR count). The Bertz CT molecular complexity index is 609. The van der Waals surface area contributed by atoms with E-state index >= 15 is 0 Å². The second-order valence-electron chi connectivity index (χ2n) is 7.62. The van der Waals surface area contributed by atoms with Gasteiger partial charge in [-0.25, -0.2) is 8.78 Å². The molecule has 0 nitrogen and oxygen atoms in total. The number of aryl methyl sites for hydroxylation is 1. The first-order valence-corrected chi connectivity index (χ1v) is 9.46. The van der Waals surface area contributed by atoms with Crippen molar-refractivity contribution in [2.24, 2.45) is 17.8 Å². The summed E-state index contributed by atoms with van der Waals surface area (Å²) in [5, 5.41) is 0. The van der Waals surface area contributed by atoms with Crippen molar-refractivity contribution < 1.29 is 62.9 Å². The Labute approximate surface area is 211 Å². The van der Waals surface area contributed by atoms with E-state index in [0.29, 0.717) is 17.0 Å². The van der Waals surface area contributed by atoms with E-state index in [0.717, 1.165) is 24.7 Å². The maximum absolute atomic E-state index is 14.2. The number of hydrogen-bond acceptors (Lipinski definition) is 0. The molecule has 2 aliphatic rings. The van der Waals surface area contributed by atoms with Crippen LogP contribution in [0, 0.1) is 56.6 Å². The Hall–Kier alpha value is 0.0683. The Morgan fingerprint density at radius 3 is 1.89 bits per heavy atom. The molecular weight excluding hydrogens is 466 g/mol. The van der Waals surface area contributed by atoms with Crippen LogP contribution in [0.3, 0.4) is 0 Å². The predicted octanol–water partition coefficient (Wildman–Crippen LogP) is 7.68. The average molecular weight is 502 g/mol. The van der Waals surface area contributed by atoms with Crippen molar-refractivity contribution in [1.82, 2.24) is 0 Å². The van der Waals surface area contributed by atoms with E-state index in [1.165, 1.54) is 38.5 Å². The van der Waals surface area contributed by atoms with Gasteiger partial charge in [0.25, 0.3) is 0 Å². The van der Waals surface area contributed by atoms with Crippen LogP contribution in [-0.4, -0.2) is 0 Å². The molecule has 2 aliphatic carbocycles. The fourth-order valence-electron chi connectivity index (χ4n) is 4.73. The average Bonchev–Trinajstić information content (AvgIpc) is 2.68. The summed E-state index contributed by atoms with van der Waals surface area (Å²) in [6.45, 7) is 5.54. The minimum atomic E-state index is -0.660. The minimum Gasteiger partial charge on any atom is -0.697 e. The van der Waals surface area contributed by atoms with E-state index in [1.807, 2.05) is 0 Å². The molecule has 4 heteroatoms. The fraction of sp³-hybridized carbons (Fsp3) is 0.542. The molecule has 0 amide bonds. The normalized spacial score (nSPS) is 26.2. The summed E-state index contributed by atoms with van der Waals surface area (Å²) in [4.78, 5) is 0. The predicted molar refractivity (Wildman–Crippen MR) is 110 cm³/mol. The van der Waals surface area contributed by atoms with Crippen molar-refractivity contribution >= 4 is 0 Å². The molecule has 0 N–H and O–H groups in total. The van der Waals surface area contributed by atoms with Gasteiger partial charge in [-0.2, -0.15) is 0 Å². The monoisotopic (exact) mass is 502 g/mol. The first-order valence-electron chi connectivity index (χ1n) is 9.46. The zero-order valence-electron chi connectivity index (χ0n) is 17.3. The standard InChI is InChI=1S/C21H28F2.C2H.CH3.V.Y.2H2/c1-3-15-5-7-16(8-6-15)17-9-11-18(12-10-17)19-13-4-14(2)20(22)21(19)23;1-2;;;;;/h3-4,13,15-18H,1,5-12H2,2H3;1H;1H3;;;2*1H/q;2*-1;;;;. The van der Waals surface area contributed by atoms with Gasteiger partial charge in [0.2, 0.25) is 0 Å². The number of hydrogen-bond donors (Lipinski definition) is 0. The van der Waals surface area contributed by atoms with Gasteiger partial charge in [-0.05, 0) is 93.1 Å². The fourth-order valence-corrected chi connectivity index (χ4v) is 4.73. The third-order valence-electron chi connectivity index (χ3n) is 6.33. The van der Waals surface area contributed by atoms with Crippen molar-refractivity contribution in [3.8, 4) is 6.42 Å². The topological polar surface area (TPSA) is 0 Å². The molecule has 1 aromatic carbocycles. The van der Waals surface area contributed by atoms with E-state index in [9.17, 15) is 8.78 Å². The van der Waals surface area contributed by atoms with Gasteiger partial charge in [0.15, 0.2) is 11.6 Å². The molecule has 156 valence electrons. The van der Waals surface area contributed by atoms with E-state index in [4.69, 9.17) is 6.42 Å². The van der Waals surface area contributed by atoms with Crippen molar-refractivity contribution in [2.75, 3.05) is 0 Å². The molecule has 0 saturated heterocycles. The van der Waals surface area contributed by atoms with Gasteiger partial charge in [0.05, 0.1) is 0 Å². The summed E-state index contributed by atoms with van der Waals surface area (Å²) in [7, 11) is 0. The van der Waals surface area contributed by atoms with Crippen molar-refractivity contribution in [1.29, 1.82) is 0 Å². The number of allylic oxidation sites excluding steroid dienone is 1. The summed E-state index contributed by atoms with van der Waals surface area (Å²) in [5.74, 6) is 1.27. The van der Waals surface area contributed by atoms with E-state index in [-0.39, 0.29) is 67.5 Å². The first kappa shape index (κ1) is 30.3. The van der Waals surface area contributed by atoms with E-state index < -0.39 is 11.6 Å². The Morgan fingerprint density at radius 2 is 1.43 bits per heavy atom. The van der Waals surface area contributed by atoms with Crippen LogP contribution in [0.1, 0.15) is 71.3 Å². The zero-order chi connectivity index (χ0) is 18.4. The van der Waals surface area contributed by atoms with Gasteiger partial charge in [0, 0.05) is 54.1 Å². The summed E-state index contributed by atoms with van der Waals surface area (Å²) >= 11 is 0. The van der Waals surface area contributed by atoms with Gasteiger partial charge >= 0.3 is 0 Å². The molecule has 28 heavy (non-hydrogen) atoms. The molecular formula is C24H36F2VY-2. The quantitative estimate of drug-likeness (QED) is 0.226. The van der Waals surface area contributed by atoms with Gasteiger partial charge in [-0.1, -0.05) is 18.2 Å². The summed E-state index contributed by atoms with van der Waals surface area (Å²) < 4.78 is 28.0. The molecule has 2 saturated carbocycles. The SMILES string of the molecule is C=CC1CCC(C2CCC(c3ccc(C)c(F)c3F)CC2)CC1.[C-]#C.[CH3-].[HH].[HH].[V].[Y]. The van der Waals surface area contributed by atoms with E-state index in [2.05, 4.69) is 19.1 Å². The Balaban J connectivity index is -0.000000469. The van der Waals surface area contributed by atoms with Gasteiger partial charge in [-0.3, -0.25) is 0 Å². The maximum Gasteiger partial charge on any atom is 0.162 e. The van der Waals surface area contributed by atoms with Crippen LogP contribution in [0.15, 0.2) is 24.8 Å². The van der Waals surface area contributed by atoms with E-state index in [1.54, 1.807) is 19.1 Å². The third kappa shape index (κ3) is 7.39. The molecule has 0 spiro atoms. The van der Waals surface area contributed by atoms with Crippen molar-refractivity contribution in [3.05, 3.63) is 61.4 Å². The second kappa shape index (κ2) is 15.0. The van der Waals surface area contributed by atoms with Crippen molar-refractivity contribution in [3.63, 3.8) is 0 Å². The minimum absolute atomic E-state index is 0. The van der Waals surface area contributed by atoms with Gasteiger partial charge in [-0.15, -0.1) is 6.58 Å². The largest absolute Gasteiger partial charge is 0.697 e. The summed E-state index contributed by atoms with van der Waals surface area (Å²) in [6.07, 6.45) is 20.7. The maximum atomic E-state index is 14.2. The van der Waals surface area contributed by atoms with Gasteiger partial charge in [0.1, 0.15) is 0 Å². The number of benzene rings is 1. The van der Waals surface area contributed by atoms with Crippen LogP contribution in [0.25, 0.3) is 0 Å². The Morgan fingerprint density at radius 1 is 0.964 bits per heavy atom. The molecule has 0 unspecified atom stereocenters. The van der Waals surface area contributed by atoms with Gasteiger partial charge < -0.3 is 20.3 Å². The van der Waals surface area contributed by atoms with Crippen LogP contribution < -0.4 is 0 Å². The van der Waals surface area contributed by atoms with Crippen LogP contribution in [0.2, 0.25) is 0 Å². The number of halogens is 2. The molecule has 2 radical (unpaired) electrons. The van der Waals surface area contributed by atoms with Crippen LogP contribution in [0.5, 0.6) is 0 Å². The number of rotatable bonds is 3. The van der Waals surface area contributed by atoms with Crippen LogP contribution in [0.4, 0.5) is 8.78 Å². The van der Waals surface area contributed by atoms with Crippen LogP contribution >= 0.6 is 0 Å². The summed E-state index contributed by atoms with van der Waals surface area (Å²) in [6, 6.07) is 3.52. The zero-order valence-corrected chi connectivity index (χ0v) is 21.5. The number of terminal acetylenes is 1. The van der Waals surface area contributed by atoms with Crippen molar-refractivity contribution in [2.45, 2.75) is 64.2 Å². The second-order valence-corrected chi connectivity index (χ2v) is 7.62. The molecule has 0 atom stereocenters.